The standard InChI is InChI=1S/C12H18FNO4S/c1-12(2,18-3)8-14-19(16,17)11-6-9(7-15)4-5-10(11)13/h4-6,14-15H,7-8H2,1-3H3. The molecule has 0 bridgehead atoms. The van der Waals surface area contributed by atoms with E-state index in [4.69, 9.17) is 9.84 Å². The van der Waals surface area contributed by atoms with Gasteiger partial charge >= 0.3 is 0 Å². The van der Waals surface area contributed by atoms with Crippen molar-refractivity contribution in [3.05, 3.63) is 29.6 Å². The van der Waals surface area contributed by atoms with E-state index < -0.39 is 26.3 Å². The van der Waals surface area contributed by atoms with Crippen LogP contribution in [0.2, 0.25) is 0 Å². The lowest BCUT2D eigenvalue weighted by atomic mass is 10.1. The molecule has 0 aromatic heterocycles. The van der Waals surface area contributed by atoms with Gasteiger partial charge in [0, 0.05) is 13.7 Å². The van der Waals surface area contributed by atoms with Gasteiger partial charge in [0.1, 0.15) is 10.7 Å². The van der Waals surface area contributed by atoms with Crippen LogP contribution in [0.5, 0.6) is 0 Å². The highest BCUT2D eigenvalue weighted by molar-refractivity contribution is 7.89. The number of benzene rings is 1. The number of hydrogen-bond donors (Lipinski definition) is 2. The van der Waals surface area contributed by atoms with Crippen LogP contribution in [0.15, 0.2) is 23.1 Å². The number of nitrogens with one attached hydrogen (secondary N) is 1. The van der Waals surface area contributed by atoms with Crippen molar-refractivity contribution in [2.45, 2.75) is 31.0 Å². The maximum atomic E-state index is 13.6. The minimum Gasteiger partial charge on any atom is -0.392 e. The molecule has 7 heteroatoms. The van der Waals surface area contributed by atoms with Gasteiger partial charge in [-0.3, -0.25) is 0 Å². The molecule has 108 valence electrons. The van der Waals surface area contributed by atoms with Gasteiger partial charge in [0.2, 0.25) is 10.0 Å². The number of aliphatic hydroxyl groups excluding tert-OH is 1. The predicted molar refractivity (Wildman–Crippen MR) is 68.6 cm³/mol. The molecule has 19 heavy (non-hydrogen) atoms. The number of aliphatic hydroxyl groups is 1. The van der Waals surface area contributed by atoms with E-state index >= 15 is 0 Å². The van der Waals surface area contributed by atoms with Gasteiger partial charge in [-0.25, -0.2) is 17.5 Å². The van der Waals surface area contributed by atoms with Crippen molar-refractivity contribution in [1.29, 1.82) is 0 Å². The van der Waals surface area contributed by atoms with Crippen LogP contribution in [0.25, 0.3) is 0 Å². The zero-order chi connectivity index (χ0) is 14.7. The predicted octanol–water partition coefficient (Wildman–Crippen LogP) is 1.02. The van der Waals surface area contributed by atoms with E-state index in [1.807, 2.05) is 0 Å². The van der Waals surface area contributed by atoms with Crippen LogP contribution in [0.4, 0.5) is 4.39 Å². The summed E-state index contributed by atoms with van der Waals surface area (Å²) in [7, 11) is -2.52. The first-order valence-electron chi connectivity index (χ1n) is 5.66. The Morgan fingerprint density at radius 2 is 2.05 bits per heavy atom. The van der Waals surface area contributed by atoms with Crippen molar-refractivity contribution in [1.82, 2.24) is 4.72 Å². The Bertz CT molecular complexity index is 543. The molecule has 5 nitrogen and oxygen atoms in total. The molecule has 0 atom stereocenters. The summed E-state index contributed by atoms with van der Waals surface area (Å²) >= 11 is 0. The number of rotatable bonds is 6. The second-order valence-corrected chi connectivity index (χ2v) is 6.45. The van der Waals surface area contributed by atoms with Crippen LogP contribution >= 0.6 is 0 Å². The number of sulfonamides is 1. The van der Waals surface area contributed by atoms with Crippen molar-refractivity contribution in [3.63, 3.8) is 0 Å². The maximum Gasteiger partial charge on any atom is 0.243 e. The molecule has 0 spiro atoms. The average molecular weight is 291 g/mol. The monoisotopic (exact) mass is 291 g/mol. The average Bonchev–Trinajstić information content (AvgIpc) is 2.37. The van der Waals surface area contributed by atoms with Crippen molar-refractivity contribution >= 4 is 10.0 Å². The third-order valence-corrected chi connectivity index (χ3v) is 4.12. The topological polar surface area (TPSA) is 75.6 Å². The van der Waals surface area contributed by atoms with Crippen molar-refractivity contribution < 1.29 is 22.7 Å². The van der Waals surface area contributed by atoms with Gasteiger partial charge in [-0.1, -0.05) is 6.07 Å². The summed E-state index contributed by atoms with van der Waals surface area (Å²) in [6.45, 7) is 3.06. The van der Waals surface area contributed by atoms with Crippen molar-refractivity contribution in [2.75, 3.05) is 13.7 Å². The first kappa shape index (κ1) is 16.0. The molecule has 0 aliphatic rings. The zero-order valence-electron chi connectivity index (χ0n) is 11.1. The van der Waals surface area contributed by atoms with Gasteiger partial charge in [0.05, 0.1) is 12.2 Å². The molecule has 1 rings (SSSR count). The third-order valence-electron chi connectivity index (χ3n) is 2.71. The Labute approximate surface area is 112 Å². The van der Waals surface area contributed by atoms with Gasteiger partial charge in [0.25, 0.3) is 0 Å². The zero-order valence-corrected chi connectivity index (χ0v) is 11.9. The molecule has 0 unspecified atom stereocenters. The molecule has 0 saturated carbocycles. The summed E-state index contributed by atoms with van der Waals surface area (Å²) in [6, 6.07) is 3.45. The first-order chi connectivity index (χ1) is 8.72. The van der Waals surface area contributed by atoms with E-state index in [1.165, 1.54) is 13.2 Å². The van der Waals surface area contributed by atoms with E-state index in [-0.39, 0.29) is 13.2 Å². The summed E-state index contributed by atoms with van der Waals surface area (Å²) in [4.78, 5) is -0.481. The van der Waals surface area contributed by atoms with E-state index in [2.05, 4.69) is 4.72 Å². The number of methoxy groups -OCH3 is 1. The lowest BCUT2D eigenvalue weighted by Gasteiger charge is -2.23. The second kappa shape index (κ2) is 5.96. The molecule has 0 aliphatic heterocycles. The molecular formula is C12H18FNO4S. The molecule has 2 N–H and O–H groups in total. The minimum atomic E-state index is -3.98. The van der Waals surface area contributed by atoms with Gasteiger partial charge in [-0.2, -0.15) is 0 Å². The Hall–Kier alpha value is -1.02. The minimum absolute atomic E-state index is 0.00856. The Morgan fingerprint density at radius 3 is 2.58 bits per heavy atom. The lowest BCUT2D eigenvalue weighted by molar-refractivity contribution is 0.0276. The van der Waals surface area contributed by atoms with E-state index in [0.29, 0.717) is 5.56 Å². The second-order valence-electron chi connectivity index (χ2n) is 4.71. The van der Waals surface area contributed by atoms with E-state index in [0.717, 1.165) is 12.1 Å². The fourth-order valence-corrected chi connectivity index (χ4v) is 2.60. The molecule has 0 saturated heterocycles. The Morgan fingerprint density at radius 1 is 1.42 bits per heavy atom. The smallest absolute Gasteiger partial charge is 0.243 e. The Kier molecular flexibility index (Phi) is 5.03. The molecule has 0 aliphatic carbocycles. The highest BCUT2D eigenvalue weighted by atomic mass is 32.2. The largest absolute Gasteiger partial charge is 0.392 e. The fraction of sp³-hybridized carbons (Fsp3) is 0.500. The molecular weight excluding hydrogens is 273 g/mol. The van der Waals surface area contributed by atoms with Gasteiger partial charge in [-0.15, -0.1) is 0 Å². The van der Waals surface area contributed by atoms with Gasteiger partial charge < -0.3 is 9.84 Å². The van der Waals surface area contributed by atoms with Crippen LogP contribution in [0.3, 0.4) is 0 Å². The van der Waals surface area contributed by atoms with Crippen LogP contribution in [0, 0.1) is 5.82 Å². The van der Waals surface area contributed by atoms with Crippen LogP contribution in [0.1, 0.15) is 19.4 Å². The maximum absolute atomic E-state index is 13.6. The first-order valence-corrected chi connectivity index (χ1v) is 7.14. The Balaban J connectivity index is 3.00. The van der Waals surface area contributed by atoms with Gasteiger partial charge in [-0.05, 0) is 31.5 Å². The molecule has 0 amide bonds. The van der Waals surface area contributed by atoms with Gasteiger partial charge in [0.15, 0.2) is 0 Å². The molecule has 1 aromatic carbocycles. The van der Waals surface area contributed by atoms with E-state index in [9.17, 15) is 12.8 Å². The van der Waals surface area contributed by atoms with Crippen LogP contribution in [-0.4, -0.2) is 32.8 Å². The summed E-state index contributed by atoms with van der Waals surface area (Å²) in [5.74, 6) is -0.861. The SMILES string of the molecule is COC(C)(C)CNS(=O)(=O)c1cc(CO)ccc1F. The summed E-state index contributed by atoms with van der Waals surface area (Å²) in [5.41, 5.74) is -0.370. The third kappa shape index (κ3) is 4.24. The lowest BCUT2D eigenvalue weighted by Crippen LogP contribution is -2.39. The highest BCUT2D eigenvalue weighted by Gasteiger charge is 2.24. The van der Waals surface area contributed by atoms with Crippen LogP contribution in [-0.2, 0) is 21.4 Å². The van der Waals surface area contributed by atoms with Crippen LogP contribution < -0.4 is 4.72 Å². The highest BCUT2D eigenvalue weighted by Crippen LogP contribution is 2.17. The number of hydrogen-bond acceptors (Lipinski definition) is 4. The number of halogens is 1. The van der Waals surface area contributed by atoms with E-state index in [1.54, 1.807) is 13.8 Å². The van der Waals surface area contributed by atoms with Crippen molar-refractivity contribution in [2.24, 2.45) is 0 Å². The quantitative estimate of drug-likeness (QED) is 0.820. The molecule has 1 aromatic rings. The summed E-state index contributed by atoms with van der Waals surface area (Å²) < 4.78 is 44.9. The molecule has 0 fully saturated rings. The summed E-state index contributed by atoms with van der Waals surface area (Å²) in [6.07, 6.45) is 0. The molecule has 0 heterocycles. The molecule has 0 radical (unpaired) electrons. The summed E-state index contributed by atoms with van der Waals surface area (Å²) in [5, 5.41) is 8.96. The fourth-order valence-electron chi connectivity index (χ4n) is 1.27. The van der Waals surface area contributed by atoms with Crippen molar-refractivity contribution in [3.8, 4) is 0 Å². The normalized spacial score (nSPS) is 12.7. The number of ether oxygens (including phenoxy) is 1.